The summed E-state index contributed by atoms with van der Waals surface area (Å²) in [4.78, 5) is 15.1. The highest BCUT2D eigenvalue weighted by Crippen LogP contribution is 2.30. The smallest absolute Gasteiger partial charge is 0.261 e. The van der Waals surface area contributed by atoms with E-state index >= 15 is 0 Å². The molecule has 6 nitrogen and oxygen atoms in total. The van der Waals surface area contributed by atoms with Gasteiger partial charge in [-0.15, -0.1) is 0 Å². The number of halogens is 1. The second-order valence-electron chi connectivity index (χ2n) is 7.65. The minimum Gasteiger partial charge on any atom is -0.497 e. The number of ether oxygens (including phenoxy) is 1. The molecule has 1 aliphatic carbocycles. The molecular formula is C24H23ClN2O4S. The molecule has 4 rings (SSSR count). The van der Waals surface area contributed by atoms with Crippen molar-refractivity contribution in [3.05, 3.63) is 88.9 Å². The number of amides is 1. The molecule has 1 saturated carbocycles. The van der Waals surface area contributed by atoms with Gasteiger partial charge in [0.2, 0.25) is 0 Å². The van der Waals surface area contributed by atoms with Gasteiger partial charge in [0.05, 0.1) is 12.0 Å². The molecule has 0 atom stereocenters. The van der Waals surface area contributed by atoms with Crippen molar-refractivity contribution in [2.24, 2.45) is 0 Å². The second kappa shape index (κ2) is 9.22. The predicted molar refractivity (Wildman–Crippen MR) is 125 cm³/mol. The van der Waals surface area contributed by atoms with Gasteiger partial charge in [0.25, 0.3) is 15.9 Å². The maximum Gasteiger partial charge on any atom is 0.261 e. The topological polar surface area (TPSA) is 75.7 Å². The van der Waals surface area contributed by atoms with E-state index in [-0.39, 0.29) is 16.8 Å². The number of anilines is 1. The molecule has 0 spiro atoms. The Hall–Kier alpha value is -3.03. The third-order valence-electron chi connectivity index (χ3n) is 5.27. The molecule has 1 amide bonds. The summed E-state index contributed by atoms with van der Waals surface area (Å²) >= 11 is 5.84. The van der Waals surface area contributed by atoms with E-state index in [1.807, 2.05) is 29.2 Å². The lowest BCUT2D eigenvalue weighted by molar-refractivity contribution is 0.0730. The quantitative estimate of drug-likeness (QED) is 0.505. The van der Waals surface area contributed by atoms with E-state index in [0.717, 1.165) is 24.2 Å². The Kier molecular flexibility index (Phi) is 6.39. The molecular weight excluding hydrogens is 448 g/mol. The van der Waals surface area contributed by atoms with Gasteiger partial charge in [0.1, 0.15) is 5.75 Å². The van der Waals surface area contributed by atoms with Crippen molar-refractivity contribution in [3.8, 4) is 5.75 Å². The largest absolute Gasteiger partial charge is 0.497 e. The van der Waals surface area contributed by atoms with E-state index in [4.69, 9.17) is 16.3 Å². The first-order chi connectivity index (χ1) is 15.4. The number of carbonyl (C=O) groups excluding carboxylic acids is 1. The van der Waals surface area contributed by atoms with Gasteiger partial charge in [-0.2, -0.15) is 0 Å². The van der Waals surface area contributed by atoms with Gasteiger partial charge in [0.15, 0.2) is 0 Å². The van der Waals surface area contributed by atoms with Crippen LogP contribution in [0.5, 0.6) is 5.75 Å². The Morgan fingerprint density at radius 2 is 1.62 bits per heavy atom. The predicted octanol–water partition coefficient (Wildman–Crippen LogP) is 4.95. The number of hydrogen-bond acceptors (Lipinski definition) is 4. The molecule has 3 aromatic rings. The molecule has 8 heteroatoms. The molecule has 32 heavy (non-hydrogen) atoms. The van der Waals surface area contributed by atoms with Crippen LogP contribution in [-0.4, -0.2) is 32.4 Å². The summed E-state index contributed by atoms with van der Waals surface area (Å²) in [5.74, 6) is 0.653. The van der Waals surface area contributed by atoms with Crippen LogP contribution in [-0.2, 0) is 16.6 Å². The lowest BCUT2D eigenvalue weighted by atomic mass is 10.1. The minimum absolute atomic E-state index is 0.0807. The van der Waals surface area contributed by atoms with E-state index in [2.05, 4.69) is 4.72 Å². The standard InChI is InChI=1S/C24H23ClN2O4S/c1-31-22-12-2-17(3-13-22)16-27(21-10-11-21)24(28)18-4-14-23(15-5-18)32(29,30)26-20-8-6-19(25)7-9-20/h2-9,12-15,21,26H,10-11,16H2,1H3. The monoisotopic (exact) mass is 470 g/mol. The van der Waals surface area contributed by atoms with Crippen LogP contribution in [0.1, 0.15) is 28.8 Å². The summed E-state index contributed by atoms with van der Waals surface area (Å²) < 4.78 is 33.0. The average molecular weight is 471 g/mol. The van der Waals surface area contributed by atoms with Gasteiger partial charge in [-0.05, 0) is 79.1 Å². The molecule has 1 N–H and O–H groups in total. The summed E-state index contributed by atoms with van der Waals surface area (Å²) in [5, 5.41) is 0.519. The highest BCUT2D eigenvalue weighted by atomic mass is 35.5. The van der Waals surface area contributed by atoms with Gasteiger partial charge < -0.3 is 9.64 Å². The number of rotatable bonds is 8. The summed E-state index contributed by atoms with van der Waals surface area (Å²) in [6, 6.07) is 20.2. The lowest BCUT2D eigenvalue weighted by Gasteiger charge is -2.23. The minimum atomic E-state index is -3.78. The first-order valence-corrected chi connectivity index (χ1v) is 12.0. The maximum absolute atomic E-state index is 13.2. The highest BCUT2D eigenvalue weighted by Gasteiger charge is 2.33. The van der Waals surface area contributed by atoms with E-state index in [1.54, 1.807) is 43.5 Å². The Morgan fingerprint density at radius 3 is 2.19 bits per heavy atom. The van der Waals surface area contributed by atoms with Crippen molar-refractivity contribution < 1.29 is 17.9 Å². The summed E-state index contributed by atoms with van der Waals surface area (Å²) in [6.07, 6.45) is 1.94. The summed E-state index contributed by atoms with van der Waals surface area (Å²) in [7, 11) is -2.16. The van der Waals surface area contributed by atoms with Gasteiger partial charge in [-0.25, -0.2) is 8.42 Å². The Labute approximate surface area is 192 Å². The number of hydrogen-bond donors (Lipinski definition) is 1. The first kappa shape index (κ1) is 22.2. The van der Waals surface area contributed by atoms with Crippen molar-refractivity contribution in [2.75, 3.05) is 11.8 Å². The lowest BCUT2D eigenvalue weighted by Crippen LogP contribution is -2.32. The zero-order chi connectivity index (χ0) is 22.7. The fourth-order valence-corrected chi connectivity index (χ4v) is 4.54. The fraction of sp³-hybridized carbons (Fsp3) is 0.208. The maximum atomic E-state index is 13.2. The van der Waals surface area contributed by atoms with Crippen LogP contribution in [0.25, 0.3) is 0 Å². The molecule has 0 saturated heterocycles. The van der Waals surface area contributed by atoms with Gasteiger partial charge in [-0.3, -0.25) is 9.52 Å². The van der Waals surface area contributed by atoms with Crippen molar-refractivity contribution in [3.63, 3.8) is 0 Å². The van der Waals surface area contributed by atoms with Crippen molar-refractivity contribution in [1.82, 2.24) is 4.90 Å². The number of benzene rings is 3. The molecule has 0 radical (unpaired) electrons. The molecule has 1 aliphatic rings. The van der Waals surface area contributed by atoms with Gasteiger partial charge in [-0.1, -0.05) is 23.7 Å². The Bertz CT molecular complexity index is 1190. The molecule has 0 unspecified atom stereocenters. The fourth-order valence-electron chi connectivity index (χ4n) is 3.36. The number of nitrogens with one attached hydrogen (secondary N) is 1. The summed E-state index contributed by atoms with van der Waals surface area (Å²) in [6.45, 7) is 0.492. The van der Waals surface area contributed by atoms with E-state index in [0.29, 0.717) is 22.8 Å². The van der Waals surface area contributed by atoms with Crippen LogP contribution >= 0.6 is 11.6 Å². The van der Waals surface area contributed by atoms with Crippen LogP contribution < -0.4 is 9.46 Å². The molecule has 1 fully saturated rings. The Morgan fingerprint density at radius 1 is 1.00 bits per heavy atom. The number of carbonyl (C=O) groups is 1. The van der Waals surface area contributed by atoms with Crippen molar-refractivity contribution in [2.45, 2.75) is 30.3 Å². The summed E-state index contributed by atoms with van der Waals surface area (Å²) in [5.41, 5.74) is 1.88. The zero-order valence-electron chi connectivity index (χ0n) is 17.5. The van der Waals surface area contributed by atoms with E-state index in [1.165, 1.54) is 12.1 Å². The average Bonchev–Trinajstić information content (AvgIpc) is 3.64. The Balaban J connectivity index is 1.48. The first-order valence-electron chi connectivity index (χ1n) is 10.2. The van der Waals surface area contributed by atoms with Crippen LogP contribution in [0.3, 0.4) is 0 Å². The normalized spacial score (nSPS) is 13.4. The molecule has 0 aromatic heterocycles. The third kappa shape index (κ3) is 5.23. The van der Waals surface area contributed by atoms with E-state index < -0.39 is 10.0 Å². The van der Waals surface area contributed by atoms with Crippen LogP contribution in [0, 0.1) is 0 Å². The SMILES string of the molecule is COc1ccc(CN(C(=O)c2ccc(S(=O)(=O)Nc3ccc(Cl)cc3)cc2)C2CC2)cc1. The van der Waals surface area contributed by atoms with Crippen molar-refractivity contribution >= 4 is 33.2 Å². The zero-order valence-corrected chi connectivity index (χ0v) is 19.1. The van der Waals surface area contributed by atoms with Crippen LogP contribution in [0.4, 0.5) is 5.69 Å². The van der Waals surface area contributed by atoms with E-state index in [9.17, 15) is 13.2 Å². The molecule has 0 heterocycles. The molecule has 166 valence electrons. The van der Waals surface area contributed by atoms with Crippen LogP contribution in [0.15, 0.2) is 77.7 Å². The second-order valence-corrected chi connectivity index (χ2v) is 9.77. The third-order valence-corrected chi connectivity index (χ3v) is 6.92. The highest BCUT2D eigenvalue weighted by molar-refractivity contribution is 7.92. The number of methoxy groups -OCH3 is 1. The van der Waals surface area contributed by atoms with Gasteiger partial charge >= 0.3 is 0 Å². The molecule has 0 bridgehead atoms. The van der Waals surface area contributed by atoms with Crippen molar-refractivity contribution in [1.29, 1.82) is 0 Å². The number of nitrogens with zero attached hydrogens (tertiary/aromatic N) is 1. The molecule has 0 aliphatic heterocycles. The number of sulfonamides is 1. The molecule has 3 aromatic carbocycles. The van der Waals surface area contributed by atoms with Crippen LogP contribution in [0.2, 0.25) is 5.02 Å². The van der Waals surface area contributed by atoms with Gasteiger partial charge in [0, 0.05) is 28.9 Å².